The number of benzene rings is 2. The third kappa shape index (κ3) is 4.22. The Balaban J connectivity index is 2.04. The van der Waals surface area contributed by atoms with Crippen LogP contribution in [0, 0.1) is 0 Å². The van der Waals surface area contributed by atoms with Crippen LogP contribution in [0.5, 0.6) is 0 Å². The first kappa shape index (κ1) is 21.5. The lowest BCUT2D eigenvalue weighted by molar-refractivity contribution is 0.806. The summed E-state index contributed by atoms with van der Waals surface area (Å²) in [5.74, 6) is 1.53. The third-order valence-corrected chi connectivity index (χ3v) is 6.11. The van der Waals surface area contributed by atoms with Gasteiger partial charge < -0.3 is 9.80 Å². The molecule has 0 bridgehead atoms. The maximum atomic E-state index is 4.27. The number of hydrogen-bond acceptors (Lipinski definition) is 2. The van der Waals surface area contributed by atoms with Gasteiger partial charge in [-0.2, -0.15) is 0 Å². The molecule has 1 aliphatic rings. The maximum absolute atomic E-state index is 4.27. The monoisotopic (exact) mass is 390 g/mol. The molecule has 2 aromatic rings. The molecule has 0 spiro atoms. The van der Waals surface area contributed by atoms with Crippen LogP contribution in [0.25, 0.3) is 5.57 Å². The molecule has 1 fully saturated rings. The van der Waals surface area contributed by atoms with Crippen LogP contribution in [0.4, 0.5) is 11.4 Å². The van der Waals surface area contributed by atoms with Crippen LogP contribution in [0.1, 0.15) is 88.5 Å². The van der Waals surface area contributed by atoms with Gasteiger partial charge in [0.2, 0.25) is 0 Å². The molecular formula is C27H38N2. The minimum Gasteiger partial charge on any atom is -0.352 e. The van der Waals surface area contributed by atoms with E-state index in [1.807, 2.05) is 0 Å². The molecule has 2 nitrogen and oxygen atoms in total. The fraction of sp³-hybridized carbons (Fsp3) is 0.481. The Hall–Kier alpha value is -2.22. The summed E-state index contributed by atoms with van der Waals surface area (Å²) >= 11 is 0. The van der Waals surface area contributed by atoms with E-state index in [1.54, 1.807) is 0 Å². The summed E-state index contributed by atoms with van der Waals surface area (Å²) in [6.07, 6.45) is 0. The average molecular weight is 391 g/mol. The van der Waals surface area contributed by atoms with Crippen molar-refractivity contribution in [2.24, 2.45) is 0 Å². The summed E-state index contributed by atoms with van der Waals surface area (Å²) in [5.41, 5.74) is 9.63. The first-order chi connectivity index (χ1) is 13.7. The van der Waals surface area contributed by atoms with Crippen molar-refractivity contribution in [1.29, 1.82) is 0 Å². The molecule has 0 aliphatic carbocycles. The van der Waals surface area contributed by atoms with Crippen molar-refractivity contribution in [1.82, 2.24) is 0 Å². The molecule has 0 saturated carbocycles. The van der Waals surface area contributed by atoms with Gasteiger partial charge in [0.1, 0.15) is 0 Å². The molecule has 0 radical (unpaired) electrons. The summed E-state index contributed by atoms with van der Waals surface area (Å²) in [5, 5.41) is 0. The lowest BCUT2D eigenvalue weighted by Gasteiger charge is -2.30. The average Bonchev–Trinajstić information content (AvgIpc) is 3.15. The molecule has 156 valence electrons. The first-order valence-corrected chi connectivity index (χ1v) is 11.1. The molecule has 2 heteroatoms. The van der Waals surface area contributed by atoms with Crippen molar-refractivity contribution in [3.8, 4) is 0 Å². The summed E-state index contributed by atoms with van der Waals surface area (Å²) < 4.78 is 0. The molecular weight excluding hydrogens is 352 g/mol. The van der Waals surface area contributed by atoms with E-state index < -0.39 is 0 Å². The van der Waals surface area contributed by atoms with Gasteiger partial charge in [0, 0.05) is 30.0 Å². The van der Waals surface area contributed by atoms with E-state index in [4.69, 9.17) is 0 Å². The molecule has 0 atom stereocenters. The Morgan fingerprint density at radius 3 is 1.59 bits per heavy atom. The largest absolute Gasteiger partial charge is 0.352 e. The molecule has 2 aromatic carbocycles. The standard InChI is InChI=1S/C27H38N2/c1-18(2)22-11-9-12-23(19(3)4)26(22)28-15-16-29(17-28)27-24(20(5)6)13-10-14-25(27)21(7)8/h9-14,19-21H,1,15-17H2,2-8H3. The SMILES string of the molecule is C=C(C)c1cccc(C(C)C)c1N1CCN(c2c(C(C)C)cccc2C(C)C)C1. The molecule has 3 rings (SSSR count). The van der Waals surface area contributed by atoms with Gasteiger partial charge in [0.15, 0.2) is 0 Å². The van der Waals surface area contributed by atoms with Gasteiger partial charge in [-0.15, -0.1) is 0 Å². The Kier molecular flexibility index (Phi) is 6.41. The van der Waals surface area contributed by atoms with Gasteiger partial charge in [0.25, 0.3) is 0 Å². The zero-order valence-corrected chi connectivity index (χ0v) is 19.4. The fourth-order valence-electron chi connectivity index (χ4n) is 4.56. The van der Waals surface area contributed by atoms with Gasteiger partial charge in [-0.1, -0.05) is 84.5 Å². The fourth-order valence-corrected chi connectivity index (χ4v) is 4.56. The van der Waals surface area contributed by atoms with Crippen LogP contribution < -0.4 is 9.80 Å². The Morgan fingerprint density at radius 1 is 0.724 bits per heavy atom. The summed E-state index contributed by atoms with van der Waals surface area (Å²) in [6, 6.07) is 13.6. The zero-order valence-electron chi connectivity index (χ0n) is 19.4. The van der Waals surface area contributed by atoms with E-state index in [0.29, 0.717) is 17.8 Å². The second-order valence-electron chi connectivity index (χ2n) is 9.44. The highest BCUT2D eigenvalue weighted by atomic mass is 15.4. The van der Waals surface area contributed by atoms with Crippen LogP contribution in [-0.2, 0) is 0 Å². The maximum Gasteiger partial charge on any atom is 0.0904 e. The summed E-state index contributed by atoms with van der Waals surface area (Å²) in [4.78, 5) is 5.17. The van der Waals surface area contributed by atoms with Gasteiger partial charge >= 0.3 is 0 Å². The van der Waals surface area contributed by atoms with Crippen molar-refractivity contribution in [2.45, 2.75) is 66.2 Å². The minimum absolute atomic E-state index is 0.493. The van der Waals surface area contributed by atoms with Crippen LogP contribution in [0.15, 0.2) is 43.0 Å². The number of nitrogens with zero attached hydrogens (tertiary/aromatic N) is 2. The molecule has 1 aliphatic heterocycles. The van der Waals surface area contributed by atoms with Crippen molar-refractivity contribution >= 4 is 16.9 Å². The van der Waals surface area contributed by atoms with Crippen LogP contribution in [0.3, 0.4) is 0 Å². The Bertz CT molecular complexity index is 850. The molecule has 0 aromatic heterocycles. The Morgan fingerprint density at radius 2 is 1.14 bits per heavy atom. The highest BCUT2D eigenvalue weighted by molar-refractivity contribution is 5.78. The number of para-hydroxylation sites is 2. The van der Waals surface area contributed by atoms with E-state index in [1.165, 1.54) is 33.6 Å². The van der Waals surface area contributed by atoms with Gasteiger partial charge in [0.05, 0.1) is 6.67 Å². The van der Waals surface area contributed by atoms with E-state index in [9.17, 15) is 0 Å². The normalized spacial score (nSPS) is 14.6. The minimum atomic E-state index is 0.493. The van der Waals surface area contributed by atoms with E-state index in [0.717, 1.165) is 25.3 Å². The van der Waals surface area contributed by atoms with Gasteiger partial charge in [-0.05, 0) is 46.9 Å². The number of allylic oxidation sites excluding steroid dienone is 1. The van der Waals surface area contributed by atoms with Crippen molar-refractivity contribution in [3.63, 3.8) is 0 Å². The van der Waals surface area contributed by atoms with E-state index >= 15 is 0 Å². The summed E-state index contributed by atoms with van der Waals surface area (Å²) in [7, 11) is 0. The highest BCUT2D eigenvalue weighted by Gasteiger charge is 2.28. The van der Waals surface area contributed by atoms with Crippen molar-refractivity contribution in [2.75, 3.05) is 29.6 Å². The first-order valence-electron chi connectivity index (χ1n) is 11.1. The summed E-state index contributed by atoms with van der Waals surface area (Å²) in [6.45, 7) is 23.3. The van der Waals surface area contributed by atoms with Crippen molar-refractivity contribution < 1.29 is 0 Å². The molecule has 0 N–H and O–H groups in total. The predicted molar refractivity (Wildman–Crippen MR) is 129 cm³/mol. The van der Waals surface area contributed by atoms with Crippen LogP contribution in [0.2, 0.25) is 0 Å². The zero-order chi connectivity index (χ0) is 21.3. The topological polar surface area (TPSA) is 6.48 Å². The van der Waals surface area contributed by atoms with Gasteiger partial charge in [-0.3, -0.25) is 0 Å². The quantitative estimate of drug-likeness (QED) is 0.508. The van der Waals surface area contributed by atoms with Crippen molar-refractivity contribution in [3.05, 3.63) is 65.2 Å². The smallest absolute Gasteiger partial charge is 0.0904 e. The van der Waals surface area contributed by atoms with Crippen LogP contribution >= 0.6 is 0 Å². The molecule has 29 heavy (non-hydrogen) atoms. The number of rotatable bonds is 6. The Labute approximate surface area is 178 Å². The number of anilines is 2. The second-order valence-corrected chi connectivity index (χ2v) is 9.44. The van der Waals surface area contributed by atoms with E-state index in [2.05, 4.69) is 101 Å². The van der Waals surface area contributed by atoms with Crippen LogP contribution in [-0.4, -0.2) is 19.8 Å². The molecule has 1 saturated heterocycles. The second kappa shape index (κ2) is 8.65. The lowest BCUT2D eigenvalue weighted by Crippen LogP contribution is -2.28. The van der Waals surface area contributed by atoms with E-state index in [-0.39, 0.29) is 0 Å². The highest BCUT2D eigenvalue weighted by Crippen LogP contribution is 2.40. The predicted octanol–water partition coefficient (Wildman–Crippen LogP) is 7.37. The molecule has 1 heterocycles. The third-order valence-electron chi connectivity index (χ3n) is 6.11. The number of hydrogen-bond donors (Lipinski definition) is 0. The lowest BCUT2D eigenvalue weighted by atomic mass is 9.92. The molecule has 0 amide bonds. The van der Waals surface area contributed by atoms with Gasteiger partial charge in [-0.25, -0.2) is 0 Å². The molecule has 0 unspecified atom stereocenters.